The van der Waals surface area contributed by atoms with Crippen molar-refractivity contribution in [3.05, 3.63) is 28.8 Å². The number of halogens is 1. The Balaban J connectivity index is 2.13. The minimum Gasteiger partial charge on any atom is -0.478 e. The zero-order valence-electron chi connectivity index (χ0n) is 11.2. The molecule has 2 amide bonds. The number of para-hydroxylation sites is 1. The van der Waals surface area contributed by atoms with E-state index < -0.39 is 5.97 Å². The highest BCUT2D eigenvalue weighted by Gasteiger charge is 2.22. The van der Waals surface area contributed by atoms with Gasteiger partial charge in [0.25, 0.3) is 0 Å². The van der Waals surface area contributed by atoms with Gasteiger partial charge >= 0.3 is 12.0 Å². The van der Waals surface area contributed by atoms with Gasteiger partial charge < -0.3 is 15.3 Å². The molecule has 0 aliphatic carbocycles. The normalized spacial score (nSPS) is 16.0. The van der Waals surface area contributed by atoms with E-state index in [0.717, 1.165) is 12.8 Å². The molecule has 2 rings (SSSR count). The summed E-state index contributed by atoms with van der Waals surface area (Å²) in [6, 6.07) is 4.22. The summed E-state index contributed by atoms with van der Waals surface area (Å²) in [5, 5.41) is 12.0. The topological polar surface area (TPSA) is 69.6 Å². The number of aromatic carboxylic acids is 1. The van der Waals surface area contributed by atoms with E-state index in [0.29, 0.717) is 19.0 Å². The van der Waals surface area contributed by atoms with Crippen LogP contribution in [0, 0.1) is 5.92 Å². The molecular formula is C14H17ClN2O3. The van der Waals surface area contributed by atoms with Crippen LogP contribution in [0.2, 0.25) is 5.02 Å². The molecule has 1 fully saturated rings. The van der Waals surface area contributed by atoms with Crippen molar-refractivity contribution in [2.75, 3.05) is 18.4 Å². The van der Waals surface area contributed by atoms with Crippen molar-refractivity contribution in [1.29, 1.82) is 0 Å². The molecule has 20 heavy (non-hydrogen) atoms. The first-order valence-corrected chi connectivity index (χ1v) is 6.94. The number of rotatable bonds is 2. The van der Waals surface area contributed by atoms with Crippen LogP contribution in [0.5, 0.6) is 0 Å². The van der Waals surface area contributed by atoms with Gasteiger partial charge in [0.1, 0.15) is 0 Å². The lowest BCUT2D eigenvalue weighted by atomic mass is 10.00. The second kappa shape index (κ2) is 6.13. The maximum atomic E-state index is 12.2. The summed E-state index contributed by atoms with van der Waals surface area (Å²) >= 11 is 5.98. The first-order chi connectivity index (χ1) is 9.49. The van der Waals surface area contributed by atoms with Crippen LogP contribution in [0.4, 0.5) is 10.5 Å². The van der Waals surface area contributed by atoms with Crippen molar-refractivity contribution in [2.24, 2.45) is 5.92 Å². The third kappa shape index (κ3) is 3.22. The van der Waals surface area contributed by atoms with E-state index in [1.54, 1.807) is 17.0 Å². The third-order valence-corrected chi connectivity index (χ3v) is 3.86. The molecule has 0 radical (unpaired) electrons. The van der Waals surface area contributed by atoms with E-state index in [1.807, 2.05) is 0 Å². The molecule has 1 aliphatic rings. The van der Waals surface area contributed by atoms with Crippen LogP contribution in [0.1, 0.15) is 30.1 Å². The second-order valence-electron chi connectivity index (χ2n) is 5.07. The number of hydrogen-bond donors (Lipinski definition) is 2. The van der Waals surface area contributed by atoms with E-state index >= 15 is 0 Å². The van der Waals surface area contributed by atoms with Crippen molar-refractivity contribution in [3.8, 4) is 0 Å². The molecule has 0 aromatic heterocycles. The number of anilines is 1. The number of carboxylic acid groups (broad SMARTS) is 1. The predicted molar refractivity (Wildman–Crippen MR) is 77.4 cm³/mol. The van der Waals surface area contributed by atoms with Crippen LogP contribution in [0.15, 0.2) is 18.2 Å². The molecule has 1 aromatic rings. The molecule has 0 saturated carbocycles. The summed E-state index contributed by atoms with van der Waals surface area (Å²) in [5.41, 5.74) is 0.154. The van der Waals surface area contributed by atoms with Crippen LogP contribution in [0.3, 0.4) is 0 Å². The van der Waals surface area contributed by atoms with Crippen molar-refractivity contribution >= 4 is 29.3 Å². The number of urea groups is 1. The molecule has 108 valence electrons. The molecule has 1 heterocycles. The van der Waals surface area contributed by atoms with Crippen molar-refractivity contribution in [2.45, 2.75) is 19.8 Å². The summed E-state index contributed by atoms with van der Waals surface area (Å²) in [6.45, 7) is 3.52. The molecule has 0 spiro atoms. The van der Waals surface area contributed by atoms with Crippen LogP contribution in [0.25, 0.3) is 0 Å². The summed E-state index contributed by atoms with van der Waals surface area (Å²) in [4.78, 5) is 25.0. The lowest BCUT2D eigenvalue weighted by Gasteiger charge is -2.30. The zero-order valence-corrected chi connectivity index (χ0v) is 12.0. The lowest BCUT2D eigenvalue weighted by molar-refractivity contribution is 0.0698. The molecule has 1 aromatic carbocycles. The summed E-state index contributed by atoms with van der Waals surface area (Å²) in [7, 11) is 0. The summed E-state index contributed by atoms with van der Waals surface area (Å²) in [5.74, 6) is -0.496. The summed E-state index contributed by atoms with van der Waals surface area (Å²) < 4.78 is 0. The van der Waals surface area contributed by atoms with Crippen LogP contribution >= 0.6 is 11.6 Å². The first kappa shape index (κ1) is 14.7. The molecule has 1 aliphatic heterocycles. The Hall–Kier alpha value is -1.75. The van der Waals surface area contributed by atoms with Crippen LogP contribution < -0.4 is 5.32 Å². The van der Waals surface area contributed by atoms with Gasteiger partial charge in [0.05, 0.1) is 16.3 Å². The molecule has 6 heteroatoms. The average molecular weight is 297 g/mol. The molecule has 0 bridgehead atoms. The smallest absolute Gasteiger partial charge is 0.337 e. The molecular weight excluding hydrogens is 280 g/mol. The Kier molecular flexibility index (Phi) is 4.49. The SMILES string of the molecule is CC1CCN(C(=O)Nc2c(Cl)cccc2C(=O)O)CC1. The number of nitrogens with one attached hydrogen (secondary N) is 1. The highest BCUT2D eigenvalue weighted by Crippen LogP contribution is 2.27. The number of piperidine rings is 1. The van der Waals surface area contributed by atoms with E-state index in [1.165, 1.54) is 6.07 Å². The van der Waals surface area contributed by atoms with E-state index in [9.17, 15) is 9.59 Å². The third-order valence-electron chi connectivity index (χ3n) is 3.55. The fraction of sp³-hybridized carbons (Fsp3) is 0.429. The number of carboxylic acids is 1. The highest BCUT2D eigenvalue weighted by atomic mass is 35.5. The van der Waals surface area contributed by atoms with Gasteiger partial charge in [-0.1, -0.05) is 24.6 Å². The maximum Gasteiger partial charge on any atom is 0.337 e. The Bertz CT molecular complexity index is 525. The Morgan fingerprint density at radius 3 is 2.60 bits per heavy atom. The number of carbonyl (C=O) groups is 2. The lowest BCUT2D eigenvalue weighted by Crippen LogP contribution is -2.40. The average Bonchev–Trinajstić information content (AvgIpc) is 2.41. The molecule has 2 N–H and O–H groups in total. The fourth-order valence-electron chi connectivity index (χ4n) is 2.23. The Morgan fingerprint density at radius 1 is 1.35 bits per heavy atom. The van der Waals surface area contributed by atoms with Gasteiger partial charge in [-0.2, -0.15) is 0 Å². The van der Waals surface area contributed by atoms with Gasteiger partial charge in [0.15, 0.2) is 0 Å². The van der Waals surface area contributed by atoms with E-state index in [-0.39, 0.29) is 22.3 Å². The standard InChI is InChI=1S/C14H17ClN2O3/c1-9-5-7-17(8-6-9)14(20)16-12-10(13(18)19)3-2-4-11(12)15/h2-4,9H,5-8H2,1H3,(H,16,20)(H,18,19). The van der Waals surface area contributed by atoms with Gasteiger partial charge in [-0.15, -0.1) is 0 Å². The zero-order chi connectivity index (χ0) is 14.7. The molecule has 5 nitrogen and oxygen atoms in total. The number of benzene rings is 1. The predicted octanol–water partition coefficient (Wildman–Crippen LogP) is 3.30. The van der Waals surface area contributed by atoms with Gasteiger partial charge in [-0.05, 0) is 30.9 Å². The van der Waals surface area contributed by atoms with Gasteiger partial charge in [-0.25, -0.2) is 9.59 Å². The number of carbonyl (C=O) groups excluding carboxylic acids is 1. The highest BCUT2D eigenvalue weighted by molar-refractivity contribution is 6.34. The quantitative estimate of drug-likeness (QED) is 0.879. The second-order valence-corrected chi connectivity index (χ2v) is 5.47. The minimum absolute atomic E-state index is 0.00349. The number of nitrogens with zero attached hydrogens (tertiary/aromatic N) is 1. The molecule has 0 unspecified atom stereocenters. The molecule has 1 saturated heterocycles. The van der Waals surface area contributed by atoms with Crippen LogP contribution in [-0.4, -0.2) is 35.1 Å². The van der Waals surface area contributed by atoms with Crippen LogP contribution in [-0.2, 0) is 0 Å². The van der Waals surface area contributed by atoms with E-state index in [4.69, 9.17) is 16.7 Å². The summed E-state index contributed by atoms with van der Waals surface area (Å²) in [6.07, 6.45) is 1.92. The number of hydrogen-bond acceptors (Lipinski definition) is 2. The monoisotopic (exact) mass is 296 g/mol. The maximum absolute atomic E-state index is 12.2. The van der Waals surface area contributed by atoms with Crippen molar-refractivity contribution in [1.82, 2.24) is 4.90 Å². The Morgan fingerprint density at radius 2 is 2.00 bits per heavy atom. The van der Waals surface area contributed by atoms with Gasteiger partial charge in [-0.3, -0.25) is 0 Å². The minimum atomic E-state index is -1.12. The van der Waals surface area contributed by atoms with Gasteiger partial charge in [0.2, 0.25) is 0 Å². The fourth-order valence-corrected chi connectivity index (χ4v) is 2.45. The van der Waals surface area contributed by atoms with Gasteiger partial charge in [0, 0.05) is 13.1 Å². The van der Waals surface area contributed by atoms with Crippen molar-refractivity contribution in [3.63, 3.8) is 0 Å². The largest absolute Gasteiger partial charge is 0.478 e. The molecule has 0 atom stereocenters. The van der Waals surface area contributed by atoms with E-state index in [2.05, 4.69) is 12.2 Å². The van der Waals surface area contributed by atoms with Crippen molar-refractivity contribution < 1.29 is 14.7 Å². The number of likely N-dealkylation sites (tertiary alicyclic amines) is 1. The Labute approximate surface area is 122 Å². The first-order valence-electron chi connectivity index (χ1n) is 6.56. The number of amides is 2.